The maximum absolute atomic E-state index is 14.1. The van der Waals surface area contributed by atoms with E-state index < -0.39 is 59.6 Å². The van der Waals surface area contributed by atoms with Crippen LogP contribution in [0, 0.1) is 11.8 Å². The highest BCUT2D eigenvalue weighted by molar-refractivity contribution is 8.03. The van der Waals surface area contributed by atoms with Crippen molar-refractivity contribution in [1.82, 2.24) is 0 Å². The van der Waals surface area contributed by atoms with Crippen LogP contribution in [0.3, 0.4) is 0 Å². The van der Waals surface area contributed by atoms with Gasteiger partial charge in [-0.3, -0.25) is 0 Å². The molecular formula is C15H13F5OS. The summed E-state index contributed by atoms with van der Waals surface area (Å²) in [4.78, 5) is 0. The van der Waals surface area contributed by atoms with E-state index in [9.17, 15) is 27.1 Å². The summed E-state index contributed by atoms with van der Waals surface area (Å²) in [6.07, 6.45) is -1.41. The lowest BCUT2D eigenvalue weighted by Crippen LogP contribution is -2.44. The zero-order valence-electron chi connectivity index (χ0n) is 11.3. The fraction of sp³-hybridized carbons (Fsp3) is 0.467. The molecule has 2 aliphatic carbocycles. The third-order valence-electron chi connectivity index (χ3n) is 4.33. The monoisotopic (exact) mass is 336 g/mol. The fourth-order valence-electron chi connectivity index (χ4n) is 3.05. The first-order valence-corrected chi connectivity index (χ1v) is 7.80. The smallest absolute Gasteiger partial charge is 0.163 e. The highest BCUT2D eigenvalue weighted by atomic mass is 32.2. The molecule has 0 amide bonds. The standard InChI is InChI=1S/C15H13F5OS/c16-8-4-10(18)12(13(20)11(19)5-9(8)17)14(21)7-3-6-1-2-22-15(6)7/h1-2,6-7,14-15,21H,3-5H2. The summed E-state index contributed by atoms with van der Waals surface area (Å²) in [5.41, 5.74) is -0.879. The van der Waals surface area contributed by atoms with E-state index in [2.05, 4.69) is 0 Å². The van der Waals surface area contributed by atoms with E-state index in [-0.39, 0.29) is 11.2 Å². The average molecular weight is 336 g/mol. The van der Waals surface area contributed by atoms with Gasteiger partial charge in [0.1, 0.15) is 23.3 Å². The second kappa shape index (κ2) is 5.85. The van der Waals surface area contributed by atoms with E-state index in [0.717, 1.165) is 0 Å². The summed E-state index contributed by atoms with van der Waals surface area (Å²) in [5.74, 6) is -7.82. The number of thioether (sulfide) groups is 1. The molecule has 7 heteroatoms. The molecule has 0 aromatic heterocycles. The van der Waals surface area contributed by atoms with E-state index in [0.29, 0.717) is 6.42 Å². The maximum atomic E-state index is 14.1. The minimum atomic E-state index is -1.62. The van der Waals surface area contributed by atoms with Crippen molar-refractivity contribution in [3.8, 4) is 0 Å². The van der Waals surface area contributed by atoms with Crippen molar-refractivity contribution in [1.29, 1.82) is 0 Å². The van der Waals surface area contributed by atoms with Gasteiger partial charge in [0.2, 0.25) is 0 Å². The summed E-state index contributed by atoms with van der Waals surface area (Å²) in [7, 11) is 0. The summed E-state index contributed by atoms with van der Waals surface area (Å²) in [6.45, 7) is 0. The second-order valence-corrected chi connectivity index (χ2v) is 6.73. The third-order valence-corrected chi connectivity index (χ3v) is 5.66. The Kier molecular flexibility index (Phi) is 4.20. The Labute approximate surface area is 128 Å². The molecule has 3 rings (SSSR count). The van der Waals surface area contributed by atoms with Gasteiger partial charge in [0.25, 0.3) is 0 Å². The maximum Gasteiger partial charge on any atom is 0.163 e. The quantitative estimate of drug-likeness (QED) is 0.722. The highest BCUT2D eigenvalue weighted by Gasteiger charge is 2.48. The zero-order valence-corrected chi connectivity index (χ0v) is 12.1. The number of halogens is 5. The molecule has 1 N–H and O–H groups in total. The van der Waals surface area contributed by atoms with Gasteiger partial charge in [-0.25, -0.2) is 22.0 Å². The van der Waals surface area contributed by atoms with Crippen LogP contribution in [0.1, 0.15) is 19.3 Å². The minimum Gasteiger partial charge on any atom is -0.388 e. The molecular weight excluding hydrogens is 323 g/mol. The lowest BCUT2D eigenvalue weighted by Gasteiger charge is -2.42. The molecule has 0 aromatic carbocycles. The van der Waals surface area contributed by atoms with Crippen LogP contribution >= 0.6 is 11.8 Å². The molecule has 0 spiro atoms. The van der Waals surface area contributed by atoms with Gasteiger partial charge in [0.15, 0.2) is 5.83 Å². The van der Waals surface area contributed by atoms with Crippen molar-refractivity contribution < 1.29 is 27.1 Å². The zero-order chi connectivity index (χ0) is 16.0. The third kappa shape index (κ3) is 2.54. The van der Waals surface area contributed by atoms with Gasteiger partial charge in [-0.15, -0.1) is 11.8 Å². The number of allylic oxidation sites excluding steroid dienone is 5. The molecule has 1 heterocycles. The number of hydrogen-bond acceptors (Lipinski definition) is 2. The van der Waals surface area contributed by atoms with Crippen LogP contribution in [0.25, 0.3) is 0 Å². The van der Waals surface area contributed by atoms with E-state index in [1.54, 1.807) is 0 Å². The lowest BCUT2D eigenvalue weighted by molar-refractivity contribution is 0.0729. The summed E-state index contributed by atoms with van der Waals surface area (Å²) in [5, 5.41) is 12.1. The summed E-state index contributed by atoms with van der Waals surface area (Å²) < 4.78 is 68.2. The first-order valence-electron chi connectivity index (χ1n) is 6.86. The first kappa shape index (κ1) is 15.8. The number of rotatable bonds is 2. The van der Waals surface area contributed by atoms with Crippen LogP contribution in [0.4, 0.5) is 22.0 Å². The molecule has 1 aliphatic heterocycles. The molecule has 1 fully saturated rings. The fourth-order valence-corrected chi connectivity index (χ4v) is 4.39. The Hall–Kier alpha value is -1.08. The van der Waals surface area contributed by atoms with Gasteiger partial charge < -0.3 is 5.11 Å². The average Bonchev–Trinajstić information content (AvgIpc) is 2.79. The Morgan fingerprint density at radius 3 is 2.27 bits per heavy atom. The van der Waals surface area contributed by atoms with Gasteiger partial charge in [-0.05, 0) is 17.7 Å². The minimum absolute atomic E-state index is 0.0197. The number of aliphatic hydroxyl groups excluding tert-OH is 1. The predicted molar refractivity (Wildman–Crippen MR) is 74.0 cm³/mol. The summed E-state index contributed by atoms with van der Waals surface area (Å²) >= 11 is 1.44. The van der Waals surface area contributed by atoms with Crippen LogP contribution in [-0.4, -0.2) is 16.5 Å². The molecule has 120 valence electrons. The molecule has 22 heavy (non-hydrogen) atoms. The van der Waals surface area contributed by atoms with Gasteiger partial charge in [-0.1, -0.05) is 6.08 Å². The van der Waals surface area contributed by atoms with Crippen LogP contribution < -0.4 is 0 Å². The van der Waals surface area contributed by atoms with Crippen LogP contribution in [0.15, 0.2) is 46.2 Å². The van der Waals surface area contributed by atoms with Gasteiger partial charge >= 0.3 is 0 Å². The van der Waals surface area contributed by atoms with E-state index in [1.165, 1.54) is 11.8 Å². The van der Waals surface area contributed by atoms with Crippen molar-refractivity contribution in [3.63, 3.8) is 0 Å². The van der Waals surface area contributed by atoms with Crippen molar-refractivity contribution in [2.24, 2.45) is 11.8 Å². The van der Waals surface area contributed by atoms with Crippen molar-refractivity contribution in [2.45, 2.75) is 30.6 Å². The summed E-state index contributed by atoms with van der Waals surface area (Å²) in [6, 6.07) is 0. The molecule has 0 radical (unpaired) electrons. The van der Waals surface area contributed by atoms with E-state index in [1.807, 2.05) is 11.5 Å². The van der Waals surface area contributed by atoms with Crippen molar-refractivity contribution >= 4 is 11.8 Å². The molecule has 1 saturated carbocycles. The lowest BCUT2D eigenvalue weighted by atomic mass is 9.69. The molecule has 0 aromatic rings. The van der Waals surface area contributed by atoms with Gasteiger partial charge in [-0.2, -0.15) is 0 Å². The molecule has 1 nitrogen and oxygen atoms in total. The van der Waals surface area contributed by atoms with Crippen LogP contribution in [0.2, 0.25) is 0 Å². The normalized spacial score (nSPS) is 33.6. The van der Waals surface area contributed by atoms with E-state index in [4.69, 9.17) is 0 Å². The highest BCUT2D eigenvalue weighted by Crippen LogP contribution is 2.52. The Bertz CT molecular complexity index is 621. The Morgan fingerprint density at radius 2 is 1.64 bits per heavy atom. The molecule has 4 unspecified atom stereocenters. The molecule has 3 aliphatic rings. The van der Waals surface area contributed by atoms with Gasteiger partial charge in [0.05, 0.1) is 24.5 Å². The Morgan fingerprint density at radius 1 is 1.00 bits per heavy atom. The SMILES string of the molecule is OC(C1=C(F)CC(F)=C(F)CC(F)=C1F)C1CC2C=CSC21. The Balaban J connectivity index is 1.93. The van der Waals surface area contributed by atoms with Crippen LogP contribution in [0.5, 0.6) is 0 Å². The number of hydrogen-bond donors (Lipinski definition) is 1. The first-order chi connectivity index (χ1) is 10.4. The van der Waals surface area contributed by atoms with E-state index >= 15 is 0 Å². The molecule has 0 bridgehead atoms. The van der Waals surface area contributed by atoms with Crippen molar-refractivity contribution in [3.05, 3.63) is 46.2 Å². The second-order valence-electron chi connectivity index (χ2n) is 5.64. The topological polar surface area (TPSA) is 20.2 Å². The van der Waals surface area contributed by atoms with Crippen LogP contribution in [-0.2, 0) is 0 Å². The predicted octanol–water partition coefficient (Wildman–Crippen LogP) is 4.93. The molecule has 4 atom stereocenters. The van der Waals surface area contributed by atoms with Gasteiger partial charge in [0, 0.05) is 11.2 Å². The van der Waals surface area contributed by atoms with Crippen molar-refractivity contribution in [2.75, 3.05) is 0 Å². The number of fused-ring (bicyclic) bond motifs is 1. The largest absolute Gasteiger partial charge is 0.388 e. The number of aliphatic hydroxyl groups is 1. The molecule has 0 saturated heterocycles.